The van der Waals surface area contributed by atoms with Gasteiger partial charge in [0.15, 0.2) is 0 Å². The van der Waals surface area contributed by atoms with Crippen LogP contribution in [-0.4, -0.2) is 4.57 Å². The molecule has 0 N–H and O–H groups in total. The maximum absolute atomic E-state index is 8.53. The Morgan fingerprint density at radius 2 is 0.870 bits per heavy atom. The van der Waals surface area contributed by atoms with Crippen LogP contribution in [0.5, 0.6) is 0 Å². The lowest BCUT2D eigenvalue weighted by Gasteiger charge is -2.26. The summed E-state index contributed by atoms with van der Waals surface area (Å²) in [6.45, 7) is 0. The number of hydrogen-bond donors (Lipinski definition) is 0. The third-order valence-corrected chi connectivity index (χ3v) is 10.2. The quantitative estimate of drug-likeness (QED) is 0.161. The summed E-state index contributed by atoms with van der Waals surface area (Å²) in [6, 6.07) is 63.8. The Morgan fingerprint density at radius 3 is 1.61 bits per heavy atom. The minimum Gasteiger partial charge on any atom is -0.310 e. The van der Waals surface area contributed by atoms with E-state index in [2.05, 4.69) is 149 Å². The van der Waals surface area contributed by atoms with Gasteiger partial charge in [-0.05, 0) is 117 Å². The SMILES string of the molecule is [2H]c1c([2H])c([2H])c(-c2ccc(N(c3ccc(-c4ccccc4)cc3)c3ccc4cc(-c5ccc6c(c5)c5ccccc5n6-c5ccccc5)ccc4c3)cc2)c([2H])c1[2H]. The van der Waals surface area contributed by atoms with Crippen LogP contribution in [0.4, 0.5) is 17.1 Å². The average molecular weight is 694 g/mol. The maximum Gasteiger partial charge on any atom is 0.0629 e. The molecule has 9 aromatic carbocycles. The highest BCUT2D eigenvalue weighted by Crippen LogP contribution is 2.40. The molecule has 10 aromatic rings. The summed E-state index contributed by atoms with van der Waals surface area (Å²) in [5.74, 6) is 0. The smallest absolute Gasteiger partial charge is 0.0629 e. The van der Waals surface area contributed by atoms with E-state index in [1.807, 2.05) is 48.5 Å². The van der Waals surface area contributed by atoms with E-state index in [4.69, 9.17) is 6.85 Å². The monoisotopic (exact) mass is 693 g/mol. The van der Waals surface area contributed by atoms with Crippen LogP contribution in [0.3, 0.4) is 0 Å². The lowest BCUT2D eigenvalue weighted by atomic mass is 9.99. The first-order valence-corrected chi connectivity index (χ1v) is 18.1. The van der Waals surface area contributed by atoms with E-state index >= 15 is 0 Å². The van der Waals surface area contributed by atoms with Crippen LogP contribution in [0.15, 0.2) is 218 Å². The number of benzene rings is 9. The zero-order valence-corrected chi connectivity index (χ0v) is 29.3. The number of rotatable bonds is 7. The van der Waals surface area contributed by atoms with Gasteiger partial charge in [0, 0.05) is 33.5 Å². The van der Waals surface area contributed by atoms with Gasteiger partial charge in [-0.3, -0.25) is 0 Å². The average Bonchev–Trinajstić information content (AvgIpc) is 3.62. The molecular weight excluding hydrogens is 653 g/mol. The minimum atomic E-state index is -0.401. The molecule has 0 spiro atoms. The van der Waals surface area contributed by atoms with Crippen molar-refractivity contribution in [3.63, 3.8) is 0 Å². The van der Waals surface area contributed by atoms with Crippen molar-refractivity contribution < 1.29 is 6.85 Å². The van der Waals surface area contributed by atoms with E-state index in [1.54, 1.807) is 0 Å². The third kappa shape index (κ3) is 5.71. The van der Waals surface area contributed by atoms with Gasteiger partial charge in [0.1, 0.15) is 0 Å². The fourth-order valence-corrected chi connectivity index (χ4v) is 7.61. The number of para-hydroxylation sites is 2. The summed E-state index contributed by atoms with van der Waals surface area (Å²) in [5, 5.41) is 4.64. The first-order valence-electron chi connectivity index (χ1n) is 20.6. The Kier molecular flexibility index (Phi) is 6.61. The molecule has 1 heterocycles. The van der Waals surface area contributed by atoms with Gasteiger partial charge in [0.05, 0.1) is 17.9 Å². The second kappa shape index (κ2) is 13.4. The van der Waals surface area contributed by atoms with E-state index in [1.165, 1.54) is 21.8 Å². The van der Waals surface area contributed by atoms with Crippen molar-refractivity contribution in [3.05, 3.63) is 218 Å². The molecule has 0 amide bonds. The molecule has 0 fully saturated rings. The van der Waals surface area contributed by atoms with Crippen LogP contribution in [0.25, 0.3) is 71.6 Å². The van der Waals surface area contributed by atoms with Crippen molar-refractivity contribution in [2.75, 3.05) is 4.90 Å². The Balaban J connectivity index is 1.04. The molecule has 0 saturated heterocycles. The van der Waals surface area contributed by atoms with Crippen molar-refractivity contribution >= 4 is 49.6 Å². The second-order valence-corrected chi connectivity index (χ2v) is 13.5. The van der Waals surface area contributed by atoms with Gasteiger partial charge < -0.3 is 9.47 Å². The topological polar surface area (TPSA) is 8.17 Å². The Morgan fingerprint density at radius 1 is 0.352 bits per heavy atom. The highest BCUT2D eigenvalue weighted by molar-refractivity contribution is 6.10. The molecule has 0 aliphatic heterocycles. The van der Waals surface area contributed by atoms with Crippen LogP contribution >= 0.6 is 0 Å². The molecule has 54 heavy (non-hydrogen) atoms. The molecular formula is C52H36N2. The molecule has 0 aliphatic carbocycles. The molecule has 2 heteroatoms. The normalized spacial score (nSPS) is 12.6. The zero-order chi connectivity index (χ0) is 40.2. The standard InChI is InChI=1S/C52H36N2/c1-4-12-37(13-5-1)39-22-28-46(29-23-39)53(47-30-24-40(25-31-47)38-14-6-2-7-15-38)48-32-26-42-34-41(20-21-43(42)35-48)44-27-33-52-50(36-44)49-18-10-11-19-51(49)54(52)45-16-8-3-9-17-45/h1-36H/i1D,4D,5D,12D,13D. The number of fused-ring (bicyclic) bond motifs is 4. The molecule has 0 unspecified atom stereocenters. The van der Waals surface area contributed by atoms with E-state index in [9.17, 15) is 0 Å². The van der Waals surface area contributed by atoms with E-state index in [0.717, 1.165) is 55.8 Å². The van der Waals surface area contributed by atoms with E-state index in [0.29, 0.717) is 5.56 Å². The summed E-state index contributed by atoms with van der Waals surface area (Å²) in [7, 11) is 0. The van der Waals surface area contributed by atoms with Gasteiger partial charge in [0.2, 0.25) is 0 Å². The number of aromatic nitrogens is 1. The number of nitrogens with zero attached hydrogens (tertiary/aromatic N) is 2. The van der Waals surface area contributed by atoms with Crippen molar-refractivity contribution in [3.8, 4) is 39.1 Å². The van der Waals surface area contributed by atoms with Crippen LogP contribution < -0.4 is 4.90 Å². The van der Waals surface area contributed by atoms with Gasteiger partial charge in [-0.1, -0.05) is 145 Å². The predicted molar refractivity (Wildman–Crippen MR) is 229 cm³/mol. The van der Waals surface area contributed by atoms with Gasteiger partial charge in [-0.2, -0.15) is 0 Å². The first-order chi connectivity index (χ1) is 28.8. The maximum atomic E-state index is 8.53. The summed E-state index contributed by atoms with van der Waals surface area (Å²) in [4.78, 5) is 2.18. The van der Waals surface area contributed by atoms with Crippen LogP contribution in [0.1, 0.15) is 6.85 Å². The fourth-order valence-electron chi connectivity index (χ4n) is 7.61. The Labute approximate surface area is 322 Å². The highest BCUT2D eigenvalue weighted by atomic mass is 15.1. The van der Waals surface area contributed by atoms with E-state index < -0.39 is 6.04 Å². The van der Waals surface area contributed by atoms with Crippen molar-refractivity contribution in [2.24, 2.45) is 0 Å². The molecule has 0 radical (unpaired) electrons. The molecule has 254 valence electrons. The predicted octanol–water partition coefficient (Wildman–Crippen LogP) is 14.4. The third-order valence-electron chi connectivity index (χ3n) is 10.2. The summed E-state index contributed by atoms with van der Waals surface area (Å²) < 4.78 is 43.9. The van der Waals surface area contributed by atoms with Crippen molar-refractivity contribution in [2.45, 2.75) is 0 Å². The van der Waals surface area contributed by atoms with Gasteiger partial charge in [-0.25, -0.2) is 0 Å². The molecule has 0 saturated carbocycles. The van der Waals surface area contributed by atoms with Gasteiger partial charge in [0.25, 0.3) is 0 Å². The minimum absolute atomic E-state index is 0.184. The number of hydrogen-bond acceptors (Lipinski definition) is 1. The molecule has 1 aromatic heterocycles. The Hall–Kier alpha value is -7.16. The second-order valence-electron chi connectivity index (χ2n) is 13.5. The number of anilines is 3. The first kappa shape index (κ1) is 26.6. The van der Waals surface area contributed by atoms with Gasteiger partial charge >= 0.3 is 0 Å². The molecule has 0 aliphatic rings. The van der Waals surface area contributed by atoms with E-state index in [-0.39, 0.29) is 29.7 Å². The molecule has 10 rings (SSSR count). The van der Waals surface area contributed by atoms with Crippen LogP contribution in [0, 0.1) is 0 Å². The zero-order valence-electron chi connectivity index (χ0n) is 34.3. The highest BCUT2D eigenvalue weighted by Gasteiger charge is 2.16. The lowest BCUT2D eigenvalue weighted by Crippen LogP contribution is -2.09. The summed E-state index contributed by atoms with van der Waals surface area (Å²) in [6.07, 6.45) is 0. The lowest BCUT2D eigenvalue weighted by molar-refractivity contribution is 1.18. The molecule has 0 bridgehead atoms. The Bertz CT molecular complexity index is 3170. The summed E-state index contributed by atoms with van der Waals surface area (Å²) >= 11 is 0. The summed E-state index contributed by atoms with van der Waals surface area (Å²) in [5.41, 5.74) is 11.6. The molecule has 2 nitrogen and oxygen atoms in total. The van der Waals surface area contributed by atoms with Crippen LogP contribution in [0.2, 0.25) is 0 Å². The van der Waals surface area contributed by atoms with Crippen molar-refractivity contribution in [1.82, 2.24) is 4.57 Å². The van der Waals surface area contributed by atoms with Gasteiger partial charge in [-0.15, -0.1) is 0 Å². The largest absolute Gasteiger partial charge is 0.310 e. The van der Waals surface area contributed by atoms with Crippen molar-refractivity contribution in [1.29, 1.82) is 0 Å². The molecule has 0 atom stereocenters. The van der Waals surface area contributed by atoms with Crippen LogP contribution in [-0.2, 0) is 0 Å². The fraction of sp³-hybridized carbons (Fsp3) is 0.